The monoisotopic (exact) mass is 313 g/mol. The predicted molar refractivity (Wildman–Crippen MR) is 90.0 cm³/mol. The lowest BCUT2D eigenvalue weighted by Crippen LogP contribution is -2.39. The molecule has 0 aromatic heterocycles. The molecule has 1 amide bonds. The zero-order chi connectivity index (χ0) is 15.5. The van der Waals surface area contributed by atoms with Crippen molar-refractivity contribution in [3.8, 4) is 0 Å². The van der Waals surface area contributed by atoms with Gasteiger partial charge in [-0.3, -0.25) is 4.79 Å². The second kappa shape index (κ2) is 6.53. The van der Waals surface area contributed by atoms with Crippen LogP contribution in [0, 0.1) is 5.92 Å². The lowest BCUT2D eigenvalue weighted by atomic mass is 10.1. The van der Waals surface area contributed by atoms with E-state index in [0.717, 1.165) is 5.56 Å². The number of hydrogen-bond acceptors (Lipinski definition) is 1. The molecule has 1 unspecified atom stereocenters. The van der Waals surface area contributed by atoms with Crippen LogP contribution in [0.3, 0.4) is 0 Å². The Morgan fingerprint density at radius 2 is 1.77 bits per heavy atom. The number of halogens is 1. The van der Waals surface area contributed by atoms with Gasteiger partial charge in [0, 0.05) is 23.2 Å². The molecule has 0 radical (unpaired) electrons. The van der Waals surface area contributed by atoms with Gasteiger partial charge in [0.05, 0.1) is 0 Å². The summed E-state index contributed by atoms with van der Waals surface area (Å²) in [6, 6.07) is 17.6. The molecule has 2 aromatic rings. The van der Waals surface area contributed by atoms with Crippen LogP contribution in [-0.4, -0.2) is 16.8 Å². The summed E-state index contributed by atoms with van der Waals surface area (Å²) in [6.45, 7) is 2.81. The lowest BCUT2D eigenvalue weighted by molar-refractivity contribution is 0.0654. The number of carbonyl (C=O) groups is 1. The Morgan fingerprint density at radius 3 is 2.36 bits per heavy atom. The molecule has 0 N–H and O–H groups in total. The zero-order valence-corrected chi connectivity index (χ0v) is 13.5. The number of rotatable bonds is 5. The summed E-state index contributed by atoms with van der Waals surface area (Å²) in [4.78, 5) is 14.9. The molecule has 0 spiro atoms. The highest BCUT2D eigenvalue weighted by Crippen LogP contribution is 2.36. The maximum absolute atomic E-state index is 12.9. The van der Waals surface area contributed by atoms with E-state index < -0.39 is 0 Å². The van der Waals surface area contributed by atoms with Crippen LogP contribution in [-0.2, 0) is 6.54 Å². The van der Waals surface area contributed by atoms with Gasteiger partial charge in [0.15, 0.2) is 0 Å². The van der Waals surface area contributed by atoms with E-state index in [2.05, 4.69) is 19.1 Å². The van der Waals surface area contributed by atoms with Gasteiger partial charge in [-0.15, -0.1) is 0 Å². The summed E-state index contributed by atoms with van der Waals surface area (Å²) in [5, 5.41) is 0.654. The van der Waals surface area contributed by atoms with E-state index in [1.54, 1.807) is 12.1 Å². The van der Waals surface area contributed by atoms with Gasteiger partial charge < -0.3 is 4.90 Å². The maximum atomic E-state index is 12.9. The molecule has 114 valence electrons. The molecule has 0 bridgehead atoms. The minimum Gasteiger partial charge on any atom is -0.331 e. The Hall–Kier alpha value is -1.80. The van der Waals surface area contributed by atoms with Crippen LogP contribution in [0.2, 0.25) is 5.02 Å². The van der Waals surface area contributed by atoms with E-state index in [1.165, 1.54) is 12.8 Å². The fourth-order valence-electron chi connectivity index (χ4n) is 2.77. The summed E-state index contributed by atoms with van der Waals surface area (Å²) in [7, 11) is 0. The first kappa shape index (κ1) is 15.1. The van der Waals surface area contributed by atoms with Crippen molar-refractivity contribution in [3.05, 3.63) is 70.7 Å². The van der Waals surface area contributed by atoms with Crippen LogP contribution >= 0.6 is 11.6 Å². The zero-order valence-electron chi connectivity index (χ0n) is 12.7. The van der Waals surface area contributed by atoms with Gasteiger partial charge in [0.1, 0.15) is 0 Å². The van der Waals surface area contributed by atoms with E-state index in [0.29, 0.717) is 23.0 Å². The molecule has 1 aliphatic carbocycles. The Kier molecular flexibility index (Phi) is 4.49. The van der Waals surface area contributed by atoms with Gasteiger partial charge in [-0.2, -0.15) is 0 Å². The van der Waals surface area contributed by atoms with Crippen molar-refractivity contribution in [2.24, 2.45) is 5.92 Å². The highest BCUT2D eigenvalue weighted by atomic mass is 35.5. The number of carbonyl (C=O) groups excluding carboxylic acids is 1. The fraction of sp³-hybridized carbons (Fsp3) is 0.316. The molecule has 2 nitrogen and oxygen atoms in total. The van der Waals surface area contributed by atoms with E-state index in [-0.39, 0.29) is 11.9 Å². The molecule has 1 atom stereocenters. The van der Waals surface area contributed by atoms with Crippen LogP contribution < -0.4 is 0 Å². The summed E-state index contributed by atoms with van der Waals surface area (Å²) in [6.07, 6.45) is 2.45. The average molecular weight is 314 g/mol. The smallest absolute Gasteiger partial charge is 0.254 e. The van der Waals surface area contributed by atoms with Crippen molar-refractivity contribution in [3.63, 3.8) is 0 Å². The van der Waals surface area contributed by atoms with Gasteiger partial charge in [-0.25, -0.2) is 0 Å². The SMILES string of the molecule is CC(C1CC1)N(Cc1ccccc1)C(=O)c1ccc(Cl)cc1. The minimum absolute atomic E-state index is 0.0833. The van der Waals surface area contributed by atoms with Crippen molar-refractivity contribution in [1.29, 1.82) is 0 Å². The number of amides is 1. The second-order valence-corrected chi connectivity index (χ2v) is 6.44. The molecule has 0 heterocycles. The summed E-state index contributed by atoms with van der Waals surface area (Å²) in [5.74, 6) is 0.722. The second-order valence-electron chi connectivity index (χ2n) is 6.00. The van der Waals surface area contributed by atoms with E-state index in [1.807, 2.05) is 35.2 Å². The topological polar surface area (TPSA) is 20.3 Å². The third-order valence-electron chi connectivity index (χ3n) is 4.34. The first-order chi connectivity index (χ1) is 10.6. The summed E-state index contributed by atoms with van der Waals surface area (Å²) in [5.41, 5.74) is 1.87. The molecule has 3 rings (SSSR count). The van der Waals surface area contributed by atoms with Gasteiger partial charge in [0.25, 0.3) is 5.91 Å². The highest BCUT2D eigenvalue weighted by molar-refractivity contribution is 6.30. The molecular formula is C19H20ClNO. The quantitative estimate of drug-likeness (QED) is 0.778. The van der Waals surface area contributed by atoms with Gasteiger partial charge >= 0.3 is 0 Å². The van der Waals surface area contributed by atoms with Crippen LogP contribution in [0.15, 0.2) is 54.6 Å². The first-order valence-electron chi connectivity index (χ1n) is 7.75. The van der Waals surface area contributed by atoms with Gasteiger partial charge in [-0.1, -0.05) is 41.9 Å². The Balaban J connectivity index is 1.84. The van der Waals surface area contributed by atoms with Crippen LogP contribution in [0.25, 0.3) is 0 Å². The third kappa shape index (κ3) is 3.50. The Morgan fingerprint density at radius 1 is 1.14 bits per heavy atom. The molecule has 0 saturated heterocycles. The van der Waals surface area contributed by atoms with Crippen molar-refractivity contribution in [2.45, 2.75) is 32.4 Å². The summed E-state index contributed by atoms with van der Waals surface area (Å²) >= 11 is 5.92. The van der Waals surface area contributed by atoms with Crippen molar-refractivity contribution < 1.29 is 4.79 Å². The maximum Gasteiger partial charge on any atom is 0.254 e. The van der Waals surface area contributed by atoms with Crippen LogP contribution in [0.5, 0.6) is 0 Å². The Labute approximate surface area is 136 Å². The predicted octanol–water partition coefficient (Wildman–Crippen LogP) is 4.78. The summed E-state index contributed by atoms with van der Waals surface area (Å²) < 4.78 is 0. The largest absolute Gasteiger partial charge is 0.331 e. The minimum atomic E-state index is 0.0833. The number of hydrogen-bond donors (Lipinski definition) is 0. The van der Waals surface area contributed by atoms with Crippen molar-refractivity contribution >= 4 is 17.5 Å². The number of nitrogens with zero attached hydrogens (tertiary/aromatic N) is 1. The molecule has 22 heavy (non-hydrogen) atoms. The van der Waals surface area contributed by atoms with Crippen molar-refractivity contribution in [2.75, 3.05) is 0 Å². The molecule has 3 heteroatoms. The number of benzene rings is 2. The van der Waals surface area contributed by atoms with Crippen LogP contribution in [0.1, 0.15) is 35.7 Å². The molecular weight excluding hydrogens is 294 g/mol. The average Bonchev–Trinajstić information content (AvgIpc) is 3.38. The normalized spacial score (nSPS) is 15.4. The lowest BCUT2D eigenvalue weighted by Gasteiger charge is -2.30. The molecule has 1 fully saturated rings. The third-order valence-corrected chi connectivity index (χ3v) is 4.60. The molecule has 2 aromatic carbocycles. The molecule has 0 aliphatic heterocycles. The standard InChI is InChI=1S/C19H20ClNO/c1-14(16-7-8-16)21(13-15-5-3-2-4-6-15)19(22)17-9-11-18(20)12-10-17/h2-6,9-12,14,16H,7-8,13H2,1H3. The van der Waals surface area contributed by atoms with E-state index in [4.69, 9.17) is 11.6 Å². The first-order valence-corrected chi connectivity index (χ1v) is 8.13. The molecule has 1 saturated carbocycles. The Bertz CT molecular complexity index is 634. The van der Waals surface area contributed by atoms with Gasteiger partial charge in [-0.05, 0) is 55.5 Å². The van der Waals surface area contributed by atoms with Gasteiger partial charge in [0.2, 0.25) is 0 Å². The highest BCUT2D eigenvalue weighted by Gasteiger charge is 2.34. The molecule has 1 aliphatic rings. The fourth-order valence-corrected chi connectivity index (χ4v) is 2.90. The van der Waals surface area contributed by atoms with E-state index >= 15 is 0 Å². The van der Waals surface area contributed by atoms with Crippen LogP contribution in [0.4, 0.5) is 0 Å². The van der Waals surface area contributed by atoms with Crippen molar-refractivity contribution in [1.82, 2.24) is 4.90 Å². The van der Waals surface area contributed by atoms with E-state index in [9.17, 15) is 4.79 Å².